The number of carboxylic acids is 1. The molecule has 8 heteroatoms. The monoisotopic (exact) mass is 487 g/mol. The first-order valence-corrected chi connectivity index (χ1v) is 12.9. The Balaban J connectivity index is 1.53. The van der Waals surface area contributed by atoms with Gasteiger partial charge in [0.15, 0.2) is 0 Å². The number of anilines is 1. The predicted molar refractivity (Wildman–Crippen MR) is 133 cm³/mol. The average Bonchev–Trinajstić information content (AvgIpc) is 3.67. The van der Waals surface area contributed by atoms with Gasteiger partial charge in [0.05, 0.1) is 27.7 Å². The summed E-state index contributed by atoms with van der Waals surface area (Å²) in [5, 5.41) is 9.71. The number of rotatable bonds is 5. The maximum Gasteiger partial charge on any atom is 0.341 e. The van der Waals surface area contributed by atoms with Crippen LogP contribution in [0.15, 0.2) is 22.1 Å². The fourth-order valence-corrected chi connectivity index (χ4v) is 5.89. The van der Waals surface area contributed by atoms with Gasteiger partial charge in [0, 0.05) is 31.5 Å². The Labute approximate surface area is 203 Å². The van der Waals surface area contributed by atoms with Crippen LogP contribution in [0.1, 0.15) is 80.6 Å². The van der Waals surface area contributed by atoms with Crippen LogP contribution in [0.2, 0.25) is 5.02 Å². The quantitative estimate of drug-likeness (QED) is 0.538. The van der Waals surface area contributed by atoms with Crippen molar-refractivity contribution < 1.29 is 14.3 Å². The van der Waals surface area contributed by atoms with Gasteiger partial charge in [-0.2, -0.15) is 0 Å². The van der Waals surface area contributed by atoms with E-state index in [9.17, 15) is 14.7 Å². The molecule has 1 aromatic carbocycles. The lowest BCUT2D eigenvalue weighted by atomic mass is 9.90. The van der Waals surface area contributed by atoms with Crippen LogP contribution in [0.3, 0.4) is 0 Å². The van der Waals surface area contributed by atoms with Crippen LogP contribution in [0.5, 0.6) is 0 Å². The van der Waals surface area contributed by atoms with E-state index in [2.05, 4.69) is 6.21 Å². The fourth-order valence-electron chi connectivity index (χ4n) is 5.49. The Hall–Kier alpha value is -2.41. The van der Waals surface area contributed by atoms with E-state index in [1.807, 2.05) is 4.90 Å². The zero-order valence-corrected chi connectivity index (χ0v) is 20.1. The molecule has 182 valence electrons. The summed E-state index contributed by atoms with van der Waals surface area (Å²) in [6.07, 6.45) is 14.4. The van der Waals surface area contributed by atoms with E-state index in [0.717, 1.165) is 32.1 Å². The number of fused-ring (bicyclic) bond motifs is 1. The van der Waals surface area contributed by atoms with Gasteiger partial charge in [-0.25, -0.2) is 9.18 Å². The second-order valence-electron chi connectivity index (χ2n) is 10.0. The Kier molecular flexibility index (Phi) is 6.65. The molecular weight excluding hydrogens is 457 g/mol. The van der Waals surface area contributed by atoms with Crippen molar-refractivity contribution in [3.63, 3.8) is 0 Å². The van der Waals surface area contributed by atoms with Gasteiger partial charge in [0.2, 0.25) is 5.43 Å². The fraction of sp³-hybridized carbons (Fsp3) is 0.577. The van der Waals surface area contributed by atoms with Crippen molar-refractivity contribution in [2.75, 3.05) is 18.0 Å². The van der Waals surface area contributed by atoms with Crippen molar-refractivity contribution in [3.05, 3.63) is 38.9 Å². The van der Waals surface area contributed by atoms with Gasteiger partial charge in [0.25, 0.3) is 0 Å². The van der Waals surface area contributed by atoms with Crippen molar-refractivity contribution in [1.29, 1.82) is 0 Å². The lowest BCUT2D eigenvalue weighted by molar-refractivity contribution is 0.0695. The van der Waals surface area contributed by atoms with Gasteiger partial charge in [-0.3, -0.25) is 9.79 Å². The van der Waals surface area contributed by atoms with E-state index in [1.54, 1.807) is 4.57 Å². The molecule has 1 N–H and O–H groups in total. The number of hydrogen-bond acceptors (Lipinski definition) is 4. The minimum Gasteiger partial charge on any atom is -0.477 e. The van der Waals surface area contributed by atoms with Crippen molar-refractivity contribution in [2.45, 2.75) is 76.3 Å². The zero-order chi connectivity index (χ0) is 23.8. The molecular formula is C26H31ClFN3O3. The molecule has 34 heavy (non-hydrogen) atoms. The Morgan fingerprint density at radius 2 is 1.85 bits per heavy atom. The minimum absolute atomic E-state index is 0.0275. The maximum atomic E-state index is 15.5. The molecule has 1 saturated heterocycles. The standard InChI is InChI=1S/C26H31ClFN3O3/c27-22-23-19(25(32)20(26(33)34)15-31(23)18-9-10-18)12-21(28)24(22)30-11-5-4-8-17(14-30)29-13-16-6-2-1-3-7-16/h12-13,15-18H,1-11,14H2,(H,33,34)/t17-/m1/s1. The Bertz CT molecular complexity index is 1180. The molecule has 0 spiro atoms. The minimum atomic E-state index is -1.31. The molecule has 2 aliphatic carbocycles. The normalized spacial score (nSPS) is 22.4. The number of carboxylic acid groups (broad SMARTS) is 1. The van der Waals surface area contributed by atoms with E-state index in [-0.39, 0.29) is 28.1 Å². The average molecular weight is 488 g/mol. The zero-order valence-electron chi connectivity index (χ0n) is 19.3. The van der Waals surface area contributed by atoms with Crippen molar-refractivity contribution in [2.24, 2.45) is 10.9 Å². The maximum absolute atomic E-state index is 15.5. The van der Waals surface area contributed by atoms with E-state index < -0.39 is 17.2 Å². The molecule has 3 aliphatic rings. The van der Waals surface area contributed by atoms with Crippen LogP contribution in [0, 0.1) is 11.7 Å². The summed E-state index contributed by atoms with van der Waals surface area (Å²) >= 11 is 6.83. The van der Waals surface area contributed by atoms with Gasteiger partial charge in [0.1, 0.15) is 11.4 Å². The molecule has 5 rings (SSSR count). The molecule has 2 aromatic rings. The van der Waals surface area contributed by atoms with Crippen molar-refractivity contribution >= 4 is 40.4 Å². The summed E-state index contributed by atoms with van der Waals surface area (Å²) in [5.74, 6) is -1.35. The molecule has 2 heterocycles. The number of carbonyl (C=O) groups is 1. The third-order valence-electron chi connectivity index (χ3n) is 7.47. The summed E-state index contributed by atoms with van der Waals surface area (Å²) in [5.41, 5.74) is -0.319. The van der Waals surface area contributed by atoms with Gasteiger partial charge in [-0.15, -0.1) is 0 Å². The second kappa shape index (κ2) is 9.68. The molecule has 0 amide bonds. The highest BCUT2D eigenvalue weighted by Crippen LogP contribution is 2.42. The number of aromatic carboxylic acids is 1. The number of hydrogen-bond donors (Lipinski definition) is 1. The summed E-state index contributed by atoms with van der Waals surface area (Å²) in [6.45, 7) is 1.24. The highest BCUT2D eigenvalue weighted by Gasteiger charge is 2.31. The summed E-state index contributed by atoms with van der Waals surface area (Å²) in [4.78, 5) is 31.4. The van der Waals surface area contributed by atoms with Gasteiger partial charge in [-0.05, 0) is 56.9 Å². The highest BCUT2D eigenvalue weighted by atomic mass is 35.5. The molecule has 0 bridgehead atoms. The Morgan fingerprint density at radius 1 is 1.12 bits per heavy atom. The summed E-state index contributed by atoms with van der Waals surface area (Å²) in [7, 11) is 0. The Morgan fingerprint density at radius 3 is 2.56 bits per heavy atom. The molecule has 2 saturated carbocycles. The van der Waals surface area contributed by atoms with Crippen LogP contribution in [-0.4, -0.2) is 41.0 Å². The number of pyridine rings is 1. The summed E-state index contributed by atoms with van der Waals surface area (Å²) < 4.78 is 17.3. The molecule has 0 unspecified atom stereocenters. The number of benzene rings is 1. The molecule has 1 atom stereocenters. The second-order valence-corrected chi connectivity index (χ2v) is 10.4. The third kappa shape index (κ3) is 4.59. The van der Waals surface area contributed by atoms with Crippen LogP contribution >= 0.6 is 11.6 Å². The first-order chi connectivity index (χ1) is 16.4. The molecule has 1 aromatic heterocycles. The number of nitrogens with zero attached hydrogens (tertiary/aromatic N) is 3. The SMILES string of the molecule is O=C(O)c1cn(C2CC2)c2c(Cl)c(N3CCCC[C@@H](N=CC4CCCCC4)C3)c(F)cc2c1=O. The topological polar surface area (TPSA) is 74.9 Å². The van der Waals surface area contributed by atoms with E-state index in [4.69, 9.17) is 16.6 Å². The smallest absolute Gasteiger partial charge is 0.341 e. The van der Waals surface area contributed by atoms with Crippen LogP contribution < -0.4 is 10.3 Å². The highest BCUT2D eigenvalue weighted by molar-refractivity contribution is 6.38. The van der Waals surface area contributed by atoms with E-state index in [1.165, 1.54) is 44.4 Å². The number of halogens is 2. The molecule has 0 radical (unpaired) electrons. The van der Waals surface area contributed by atoms with E-state index >= 15 is 4.39 Å². The van der Waals surface area contributed by atoms with Crippen LogP contribution in [0.25, 0.3) is 10.9 Å². The van der Waals surface area contributed by atoms with E-state index in [0.29, 0.717) is 30.2 Å². The van der Waals surface area contributed by atoms with Gasteiger partial charge < -0.3 is 14.6 Å². The number of aromatic nitrogens is 1. The van der Waals surface area contributed by atoms with Crippen molar-refractivity contribution in [3.8, 4) is 0 Å². The molecule has 1 aliphatic heterocycles. The third-order valence-corrected chi connectivity index (χ3v) is 7.83. The molecule has 3 fully saturated rings. The lowest BCUT2D eigenvalue weighted by Crippen LogP contribution is -2.32. The van der Waals surface area contributed by atoms with Crippen LogP contribution in [-0.2, 0) is 0 Å². The van der Waals surface area contributed by atoms with Gasteiger partial charge in [-0.1, -0.05) is 30.9 Å². The molecule has 6 nitrogen and oxygen atoms in total. The van der Waals surface area contributed by atoms with Crippen molar-refractivity contribution in [1.82, 2.24) is 4.57 Å². The summed E-state index contributed by atoms with van der Waals surface area (Å²) in [6, 6.07) is 1.33. The first-order valence-electron chi connectivity index (χ1n) is 12.5. The van der Waals surface area contributed by atoms with Gasteiger partial charge >= 0.3 is 5.97 Å². The number of aliphatic imine (C=N–C) groups is 1. The largest absolute Gasteiger partial charge is 0.477 e. The first kappa shape index (κ1) is 23.3. The van der Waals surface area contributed by atoms with Crippen LogP contribution in [0.4, 0.5) is 10.1 Å². The predicted octanol–water partition coefficient (Wildman–Crippen LogP) is 5.84. The lowest BCUT2D eigenvalue weighted by Gasteiger charge is -2.28.